The van der Waals surface area contributed by atoms with Crippen LogP contribution in [0.4, 0.5) is 0 Å². The number of fused-ring (bicyclic) bond motifs is 1. The highest BCUT2D eigenvalue weighted by Crippen LogP contribution is 2.35. The van der Waals surface area contributed by atoms with E-state index in [1.807, 2.05) is 69.3 Å². The Labute approximate surface area is 233 Å². The van der Waals surface area contributed by atoms with Gasteiger partial charge in [0.1, 0.15) is 18.2 Å². The summed E-state index contributed by atoms with van der Waals surface area (Å²) < 4.78 is 9.66. The van der Waals surface area contributed by atoms with E-state index in [1.165, 1.54) is 4.68 Å². The Morgan fingerprint density at radius 3 is 2.40 bits per heavy atom. The van der Waals surface area contributed by atoms with Crippen molar-refractivity contribution in [1.29, 1.82) is 0 Å². The van der Waals surface area contributed by atoms with Crippen molar-refractivity contribution in [3.8, 4) is 5.75 Å². The van der Waals surface area contributed by atoms with Crippen LogP contribution in [-0.4, -0.2) is 15.9 Å². The van der Waals surface area contributed by atoms with Crippen LogP contribution in [0.2, 0.25) is 5.02 Å². The van der Waals surface area contributed by atoms with Gasteiger partial charge >= 0.3 is 0 Å². The summed E-state index contributed by atoms with van der Waals surface area (Å²) in [5, 5.41) is 5.69. The van der Waals surface area contributed by atoms with Crippen molar-refractivity contribution in [2.75, 3.05) is 0 Å². The quantitative estimate of drug-likeness (QED) is 0.200. The smallest absolute Gasteiger partial charge is 0.282 e. The molecule has 3 aromatic carbocycles. The molecule has 5 nitrogen and oxygen atoms in total. The average Bonchev–Trinajstić information content (AvgIpc) is 2.78. The highest BCUT2D eigenvalue weighted by Gasteiger charge is 2.23. The van der Waals surface area contributed by atoms with E-state index in [-0.39, 0.29) is 5.56 Å². The van der Waals surface area contributed by atoms with Crippen LogP contribution in [0.1, 0.15) is 37.7 Å². The summed E-state index contributed by atoms with van der Waals surface area (Å²) in [5.74, 6) is 1.22. The van der Waals surface area contributed by atoms with Gasteiger partial charge < -0.3 is 4.74 Å². The Morgan fingerprint density at radius 2 is 1.74 bits per heavy atom. The molecule has 9 heteroatoms. The molecule has 0 aliphatic rings. The Bertz CT molecular complexity index is 1490. The van der Waals surface area contributed by atoms with Crippen molar-refractivity contribution in [3.63, 3.8) is 0 Å². The molecular weight excluding hydrogens is 661 g/mol. The summed E-state index contributed by atoms with van der Waals surface area (Å²) in [6.07, 6.45) is 1.63. The van der Waals surface area contributed by atoms with Gasteiger partial charge in [-0.05, 0) is 73.8 Å². The lowest BCUT2D eigenvalue weighted by Crippen LogP contribution is -2.29. The van der Waals surface area contributed by atoms with E-state index < -0.39 is 5.41 Å². The van der Waals surface area contributed by atoms with Crippen LogP contribution >= 0.6 is 59.4 Å². The summed E-state index contributed by atoms with van der Waals surface area (Å²) in [5.41, 5.74) is 1.68. The molecule has 1 aromatic heterocycles. The number of ether oxygens (including phenoxy) is 1. The number of hydrogen-bond donors (Lipinski definition) is 0. The molecule has 0 saturated carbocycles. The maximum Gasteiger partial charge on any atom is 0.282 e. The first-order chi connectivity index (χ1) is 16.5. The Morgan fingerprint density at radius 1 is 1.06 bits per heavy atom. The fourth-order valence-electron chi connectivity index (χ4n) is 3.42. The molecule has 0 unspecified atom stereocenters. The van der Waals surface area contributed by atoms with Gasteiger partial charge in [0.15, 0.2) is 0 Å². The molecule has 35 heavy (non-hydrogen) atoms. The molecule has 4 aromatic rings. The lowest BCUT2D eigenvalue weighted by molar-refractivity contribution is 0.302. The molecule has 0 saturated heterocycles. The van der Waals surface area contributed by atoms with Crippen LogP contribution in [0.25, 0.3) is 10.9 Å². The molecule has 0 aliphatic carbocycles. The zero-order valence-corrected chi connectivity index (χ0v) is 24.7. The standard InChI is InChI=1S/C26H21Br3ClN3O2/c1-26(2,3)25-32-22-9-8-17(27)12-18(22)24(34)33(25)31-13-15-10-19(28)23(20(29)11-15)35-14-16-6-4-5-7-21(16)30/h4-13H,14H2,1-3H3. The molecule has 0 spiro atoms. The van der Waals surface area contributed by atoms with Gasteiger partial charge in [-0.25, -0.2) is 4.98 Å². The van der Waals surface area contributed by atoms with Crippen LogP contribution < -0.4 is 10.3 Å². The van der Waals surface area contributed by atoms with Crippen molar-refractivity contribution in [2.24, 2.45) is 5.10 Å². The minimum atomic E-state index is -0.394. The van der Waals surface area contributed by atoms with E-state index in [1.54, 1.807) is 12.3 Å². The zero-order valence-electron chi connectivity index (χ0n) is 19.2. The van der Waals surface area contributed by atoms with E-state index in [4.69, 9.17) is 21.3 Å². The summed E-state index contributed by atoms with van der Waals surface area (Å²) in [6, 6.07) is 16.8. The van der Waals surface area contributed by atoms with Crippen molar-refractivity contribution >= 4 is 76.5 Å². The highest BCUT2D eigenvalue weighted by atomic mass is 79.9. The fraction of sp³-hybridized carbons (Fsp3) is 0.192. The van der Waals surface area contributed by atoms with Gasteiger partial charge in [-0.2, -0.15) is 9.78 Å². The summed E-state index contributed by atoms with van der Waals surface area (Å²) in [6.45, 7) is 6.34. The molecule has 0 radical (unpaired) electrons. The lowest BCUT2D eigenvalue weighted by atomic mass is 9.95. The first kappa shape index (κ1) is 26.1. The second-order valence-electron chi connectivity index (χ2n) is 8.90. The van der Waals surface area contributed by atoms with Gasteiger partial charge in [0.2, 0.25) is 0 Å². The fourth-order valence-corrected chi connectivity index (χ4v) is 5.43. The lowest BCUT2D eigenvalue weighted by Gasteiger charge is -2.21. The highest BCUT2D eigenvalue weighted by molar-refractivity contribution is 9.11. The number of hydrogen-bond acceptors (Lipinski definition) is 4. The first-order valence-electron chi connectivity index (χ1n) is 10.7. The van der Waals surface area contributed by atoms with Crippen LogP contribution in [0, 0.1) is 0 Å². The number of nitrogens with zero attached hydrogens (tertiary/aromatic N) is 3. The third-order valence-electron chi connectivity index (χ3n) is 5.15. The van der Waals surface area contributed by atoms with E-state index in [0.29, 0.717) is 34.1 Å². The van der Waals surface area contributed by atoms with Crippen LogP contribution in [0.15, 0.2) is 77.9 Å². The van der Waals surface area contributed by atoms with Gasteiger partial charge in [-0.3, -0.25) is 4.79 Å². The minimum Gasteiger partial charge on any atom is -0.486 e. The number of benzene rings is 3. The Hall–Kier alpha value is -2.00. The van der Waals surface area contributed by atoms with Crippen LogP contribution in [-0.2, 0) is 12.0 Å². The second kappa shape index (κ2) is 10.5. The summed E-state index contributed by atoms with van der Waals surface area (Å²) >= 11 is 16.8. The normalized spacial score (nSPS) is 12.0. The van der Waals surface area contributed by atoms with Crippen molar-refractivity contribution in [3.05, 3.63) is 100 Å². The van der Waals surface area contributed by atoms with E-state index in [9.17, 15) is 4.79 Å². The maximum absolute atomic E-state index is 13.3. The molecule has 0 amide bonds. The Balaban J connectivity index is 1.69. The summed E-state index contributed by atoms with van der Waals surface area (Å²) in [4.78, 5) is 18.1. The van der Waals surface area contributed by atoms with E-state index >= 15 is 0 Å². The zero-order chi connectivity index (χ0) is 25.3. The predicted molar refractivity (Wildman–Crippen MR) is 153 cm³/mol. The van der Waals surface area contributed by atoms with Gasteiger partial charge in [0.05, 0.1) is 26.1 Å². The molecule has 4 rings (SSSR count). The van der Waals surface area contributed by atoms with E-state index in [0.717, 1.165) is 24.5 Å². The third-order valence-corrected chi connectivity index (χ3v) is 7.19. The second-order valence-corrected chi connectivity index (χ2v) is 11.9. The predicted octanol–water partition coefficient (Wildman–Crippen LogP) is 8.10. The van der Waals surface area contributed by atoms with Gasteiger partial charge in [-0.15, -0.1) is 0 Å². The largest absolute Gasteiger partial charge is 0.486 e. The minimum absolute atomic E-state index is 0.227. The maximum atomic E-state index is 13.3. The molecule has 1 heterocycles. The number of halogens is 4. The SMILES string of the molecule is CC(C)(C)c1nc2ccc(Br)cc2c(=O)n1N=Cc1cc(Br)c(OCc2ccccc2Cl)c(Br)c1. The molecular formula is C26H21Br3ClN3O2. The molecule has 180 valence electrons. The third kappa shape index (κ3) is 5.88. The summed E-state index contributed by atoms with van der Waals surface area (Å²) in [7, 11) is 0. The van der Waals surface area contributed by atoms with E-state index in [2.05, 4.69) is 52.9 Å². The molecule has 0 bridgehead atoms. The molecule has 0 fully saturated rings. The van der Waals surface area contributed by atoms with Gasteiger partial charge in [-0.1, -0.05) is 66.5 Å². The molecule has 0 aliphatic heterocycles. The van der Waals surface area contributed by atoms with Gasteiger partial charge in [0, 0.05) is 20.5 Å². The molecule has 0 N–H and O–H groups in total. The molecule has 0 atom stereocenters. The van der Waals surface area contributed by atoms with Crippen molar-refractivity contribution < 1.29 is 4.74 Å². The van der Waals surface area contributed by atoms with Crippen molar-refractivity contribution in [2.45, 2.75) is 32.8 Å². The first-order valence-corrected chi connectivity index (χ1v) is 13.4. The Kier molecular flexibility index (Phi) is 7.86. The van der Waals surface area contributed by atoms with Gasteiger partial charge in [0.25, 0.3) is 5.56 Å². The number of aromatic nitrogens is 2. The average molecular weight is 683 g/mol. The van der Waals surface area contributed by atoms with Crippen LogP contribution in [0.3, 0.4) is 0 Å². The van der Waals surface area contributed by atoms with Crippen LogP contribution in [0.5, 0.6) is 5.75 Å². The van der Waals surface area contributed by atoms with Crippen molar-refractivity contribution in [1.82, 2.24) is 9.66 Å². The number of rotatable bonds is 5. The topological polar surface area (TPSA) is 56.5 Å². The monoisotopic (exact) mass is 679 g/mol.